The summed E-state index contributed by atoms with van der Waals surface area (Å²) in [6, 6.07) is 6.36. The summed E-state index contributed by atoms with van der Waals surface area (Å²) in [6.07, 6.45) is 2.18. The van der Waals surface area contributed by atoms with Crippen LogP contribution < -0.4 is 10.6 Å². The number of benzene rings is 1. The fourth-order valence-corrected chi connectivity index (χ4v) is 3.80. The number of amides is 1. The van der Waals surface area contributed by atoms with Gasteiger partial charge in [-0.3, -0.25) is 4.79 Å². The number of nitrogens with zero attached hydrogens (tertiary/aromatic N) is 2. The zero-order valence-corrected chi connectivity index (χ0v) is 14.5. The molecule has 0 spiro atoms. The Balaban J connectivity index is 1.44. The lowest BCUT2D eigenvalue weighted by Gasteiger charge is -2.09. The predicted octanol–water partition coefficient (Wildman–Crippen LogP) is 2.81. The molecule has 0 bridgehead atoms. The molecule has 1 fully saturated rings. The highest BCUT2D eigenvalue weighted by Crippen LogP contribution is 2.28. The third-order valence-corrected chi connectivity index (χ3v) is 5.37. The van der Waals surface area contributed by atoms with Crippen LogP contribution in [0.15, 0.2) is 28.6 Å². The van der Waals surface area contributed by atoms with Gasteiger partial charge in [-0.05, 0) is 25.0 Å². The maximum absolute atomic E-state index is 13.6. The first-order chi connectivity index (χ1) is 11.7. The molecule has 128 valence electrons. The molecule has 24 heavy (non-hydrogen) atoms. The highest BCUT2D eigenvalue weighted by molar-refractivity contribution is 8.01. The van der Waals surface area contributed by atoms with Gasteiger partial charge in [-0.25, -0.2) is 4.39 Å². The summed E-state index contributed by atoms with van der Waals surface area (Å²) in [6.45, 7) is 1.33. The topological polar surface area (TPSA) is 76.1 Å². The third kappa shape index (κ3) is 4.89. The van der Waals surface area contributed by atoms with Crippen molar-refractivity contribution < 1.29 is 13.9 Å². The zero-order chi connectivity index (χ0) is 16.8. The summed E-state index contributed by atoms with van der Waals surface area (Å²) in [5.74, 6) is -0.147. The van der Waals surface area contributed by atoms with Crippen molar-refractivity contribution >= 4 is 39.8 Å². The average Bonchev–Trinajstić information content (AvgIpc) is 3.25. The molecule has 6 nitrogen and oxygen atoms in total. The van der Waals surface area contributed by atoms with Crippen LogP contribution >= 0.6 is 23.1 Å². The molecule has 1 aromatic heterocycles. The lowest BCUT2D eigenvalue weighted by molar-refractivity contribution is -0.119. The minimum Gasteiger partial charge on any atom is -0.376 e. The smallest absolute Gasteiger partial charge is 0.230 e. The molecule has 2 aromatic rings. The number of anilines is 2. The number of halogens is 1. The molecule has 1 aliphatic rings. The van der Waals surface area contributed by atoms with Gasteiger partial charge < -0.3 is 15.4 Å². The quantitative estimate of drug-likeness (QED) is 0.732. The molecule has 9 heteroatoms. The normalized spacial score (nSPS) is 17.0. The van der Waals surface area contributed by atoms with Crippen LogP contribution in [0.2, 0.25) is 0 Å². The Bertz CT molecular complexity index is 692. The van der Waals surface area contributed by atoms with Crippen molar-refractivity contribution in [1.29, 1.82) is 0 Å². The van der Waals surface area contributed by atoms with Gasteiger partial charge in [0.1, 0.15) is 5.82 Å². The van der Waals surface area contributed by atoms with Crippen LogP contribution in [-0.4, -0.2) is 41.1 Å². The first-order valence-corrected chi connectivity index (χ1v) is 9.37. The van der Waals surface area contributed by atoms with Gasteiger partial charge in [-0.1, -0.05) is 35.2 Å². The first-order valence-electron chi connectivity index (χ1n) is 7.57. The van der Waals surface area contributed by atoms with Gasteiger partial charge in [0.2, 0.25) is 11.0 Å². The van der Waals surface area contributed by atoms with E-state index in [9.17, 15) is 9.18 Å². The Morgan fingerprint density at radius 1 is 1.42 bits per heavy atom. The second-order valence-corrected chi connectivity index (χ2v) is 7.41. The maximum Gasteiger partial charge on any atom is 0.230 e. The van der Waals surface area contributed by atoms with E-state index in [1.165, 1.54) is 29.2 Å². The molecule has 1 amide bonds. The first kappa shape index (κ1) is 17.1. The molecule has 3 rings (SSSR count). The zero-order valence-electron chi connectivity index (χ0n) is 12.8. The van der Waals surface area contributed by atoms with E-state index in [1.807, 2.05) is 0 Å². The number of carbonyl (C=O) groups excluding carboxylic acids is 1. The summed E-state index contributed by atoms with van der Waals surface area (Å²) in [5.41, 5.74) is 0.347. The van der Waals surface area contributed by atoms with Crippen LogP contribution in [0.5, 0.6) is 0 Å². The number of hydrogen-bond donors (Lipinski definition) is 2. The van der Waals surface area contributed by atoms with E-state index in [0.717, 1.165) is 19.4 Å². The molecule has 0 radical (unpaired) electrons. The number of nitrogens with one attached hydrogen (secondary N) is 2. The van der Waals surface area contributed by atoms with Gasteiger partial charge in [0.05, 0.1) is 17.5 Å². The molecule has 0 saturated carbocycles. The minimum absolute atomic E-state index is 0.0608. The van der Waals surface area contributed by atoms with Crippen LogP contribution in [0.4, 0.5) is 15.2 Å². The highest BCUT2D eigenvalue weighted by atomic mass is 32.2. The largest absolute Gasteiger partial charge is 0.376 e. The molecular weight excluding hydrogens is 351 g/mol. The Morgan fingerprint density at radius 2 is 2.29 bits per heavy atom. The number of ether oxygens (including phenoxy) is 1. The summed E-state index contributed by atoms with van der Waals surface area (Å²) in [5, 5.41) is 14.2. The second kappa shape index (κ2) is 8.41. The van der Waals surface area contributed by atoms with E-state index in [4.69, 9.17) is 4.74 Å². The minimum atomic E-state index is -0.351. The van der Waals surface area contributed by atoms with Gasteiger partial charge in [0.25, 0.3) is 0 Å². The second-order valence-electron chi connectivity index (χ2n) is 5.21. The van der Waals surface area contributed by atoms with E-state index in [2.05, 4.69) is 20.8 Å². The summed E-state index contributed by atoms with van der Waals surface area (Å²) < 4.78 is 19.7. The number of hydrogen-bond acceptors (Lipinski definition) is 7. The fourth-order valence-electron chi connectivity index (χ4n) is 2.21. The average molecular weight is 368 g/mol. The molecule has 1 aromatic carbocycles. The van der Waals surface area contributed by atoms with Crippen LogP contribution in [0.3, 0.4) is 0 Å². The van der Waals surface area contributed by atoms with Crippen molar-refractivity contribution in [2.24, 2.45) is 0 Å². The molecule has 1 aliphatic heterocycles. The van der Waals surface area contributed by atoms with Gasteiger partial charge in [0.15, 0.2) is 4.34 Å². The SMILES string of the molecule is O=C(CSc1nnc(Nc2ccccc2F)s1)NC[C@@H]1CCCO1. The molecule has 2 heterocycles. The highest BCUT2D eigenvalue weighted by Gasteiger charge is 2.16. The van der Waals surface area contributed by atoms with Crippen molar-refractivity contribution in [3.63, 3.8) is 0 Å². The summed E-state index contributed by atoms with van der Waals surface area (Å²) in [4.78, 5) is 11.8. The van der Waals surface area contributed by atoms with Gasteiger partial charge >= 0.3 is 0 Å². The van der Waals surface area contributed by atoms with Gasteiger partial charge in [-0.2, -0.15) is 0 Å². The van der Waals surface area contributed by atoms with E-state index < -0.39 is 0 Å². The standard InChI is InChI=1S/C15H17FN4O2S2/c16-11-5-1-2-6-12(11)18-14-19-20-15(24-14)23-9-13(21)17-8-10-4-3-7-22-10/h1-2,5-6,10H,3-4,7-9H2,(H,17,21)(H,18,19)/t10-/m0/s1. The Morgan fingerprint density at radius 3 is 3.08 bits per heavy atom. The maximum atomic E-state index is 13.6. The van der Waals surface area contributed by atoms with Crippen LogP contribution in [0, 0.1) is 5.82 Å². The van der Waals surface area contributed by atoms with Crippen LogP contribution in [0.1, 0.15) is 12.8 Å². The monoisotopic (exact) mass is 368 g/mol. The molecular formula is C15H17FN4O2S2. The number of aromatic nitrogens is 2. The van der Waals surface area contributed by atoms with Crippen molar-refractivity contribution in [2.45, 2.75) is 23.3 Å². The van der Waals surface area contributed by atoms with Crippen molar-refractivity contribution in [3.05, 3.63) is 30.1 Å². The van der Waals surface area contributed by atoms with Gasteiger partial charge in [-0.15, -0.1) is 10.2 Å². The van der Waals surface area contributed by atoms with Crippen molar-refractivity contribution in [1.82, 2.24) is 15.5 Å². The lowest BCUT2D eigenvalue weighted by Crippen LogP contribution is -2.32. The Kier molecular flexibility index (Phi) is 6.00. The van der Waals surface area contributed by atoms with E-state index >= 15 is 0 Å². The van der Waals surface area contributed by atoms with E-state index in [1.54, 1.807) is 18.2 Å². The number of thioether (sulfide) groups is 1. The number of rotatable bonds is 7. The fraction of sp³-hybridized carbons (Fsp3) is 0.400. The molecule has 0 aliphatic carbocycles. The predicted molar refractivity (Wildman–Crippen MR) is 92.3 cm³/mol. The third-order valence-electron chi connectivity index (χ3n) is 3.40. The van der Waals surface area contributed by atoms with Gasteiger partial charge in [0, 0.05) is 13.2 Å². The lowest BCUT2D eigenvalue weighted by atomic mass is 10.2. The summed E-state index contributed by atoms with van der Waals surface area (Å²) >= 11 is 2.58. The number of carbonyl (C=O) groups is 1. The molecule has 0 unspecified atom stereocenters. The van der Waals surface area contributed by atoms with Crippen molar-refractivity contribution in [3.8, 4) is 0 Å². The Labute approximate surface area is 147 Å². The summed E-state index contributed by atoms with van der Waals surface area (Å²) in [7, 11) is 0. The molecule has 2 N–H and O–H groups in total. The molecule has 1 atom stereocenters. The Hall–Kier alpha value is -1.71. The van der Waals surface area contributed by atoms with E-state index in [0.29, 0.717) is 21.7 Å². The van der Waals surface area contributed by atoms with Crippen molar-refractivity contribution in [2.75, 3.05) is 24.2 Å². The van der Waals surface area contributed by atoms with Crippen LogP contribution in [-0.2, 0) is 9.53 Å². The molecule has 1 saturated heterocycles. The van der Waals surface area contributed by atoms with E-state index in [-0.39, 0.29) is 23.6 Å². The van der Waals surface area contributed by atoms with Crippen LogP contribution in [0.25, 0.3) is 0 Å². The number of para-hydroxylation sites is 1.